The highest BCUT2D eigenvalue weighted by Gasteiger charge is 2.31. The Labute approximate surface area is 85.9 Å². The molecule has 2 aliphatic rings. The summed E-state index contributed by atoms with van der Waals surface area (Å²) in [5.41, 5.74) is 0. The van der Waals surface area contributed by atoms with E-state index in [4.69, 9.17) is 0 Å². The standard InChI is InChI=1S/C10H21N3O/c1-12-5-2-10(14)9(8-12)13-6-3-11-4-7-13/h9-11,14H,2-8H2,1H3. The van der Waals surface area contributed by atoms with Gasteiger partial charge in [-0.3, -0.25) is 4.90 Å². The third-order valence-electron chi connectivity index (χ3n) is 3.37. The third-order valence-corrected chi connectivity index (χ3v) is 3.37. The monoisotopic (exact) mass is 199 g/mol. The number of likely N-dealkylation sites (N-methyl/N-ethyl adjacent to an activating group) is 1. The van der Waals surface area contributed by atoms with Crippen molar-refractivity contribution in [2.75, 3.05) is 46.3 Å². The average molecular weight is 199 g/mol. The van der Waals surface area contributed by atoms with Crippen molar-refractivity contribution in [2.45, 2.75) is 18.6 Å². The van der Waals surface area contributed by atoms with E-state index in [2.05, 4.69) is 22.2 Å². The molecule has 0 aromatic rings. The Morgan fingerprint density at radius 2 is 1.93 bits per heavy atom. The van der Waals surface area contributed by atoms with Gasteiger partial charge in [0.05, 0.1) is 6.10 Å². The Morgan fingerprint density at radius 3 is 2.64 bits per heavy atom. The molecule has 0 aliphatic carbocycles. The summed E-state index contributed by atoms with van der Waals surface area (Å²) < 4.78 is 0. The van der Waals surface area contributed by atoms with E-state index in [1.165, 1.54) is 0 Å². The summed E-state index contributed by atoms with van der Waals surface area (Å²) in [6.45, 7) is 6.33. The van der Waals surface area contributed by atoms with Crippen LogP contribution in [0.1, 0.15) is 6.42 Å². The van der Waals surface area contributed by atoms with Crippen LogP contribution < -0.4 is 5.32 Å². The van der Waals surface area contributed by atoms with Gasteiger partial charge in [0.25, 0.3) is 0 Å². The molecule has 0 bridgehead atoms. The lowest BCUT2D eigenvalue weighted by Crippen LogP contribution is -2.58. The molecule has 14 heavy (non-hydrogen) atoms. The second kappa shape index (κ2) is 4.57. The number of hydrogen-bond donors (Lipinski definition) is 2. The molecular formula is C10H21N3O. The quantitative estimate of drug-likeness (QED) is 0.566. The van der Waals surface area contributed by atoms with Crippen LogP contribution in [-0.4, -0.2) is 73.4 Å². The molecule has 0 aromatic carbocycles. The number of piperazine rings is 1. The molecule has 2 aliphatic heterocycles. The Bertz CT molecular complexity index is 182. The summed E-state index contributed by atoms with van der Waals surface area (Å²) in [6.07, 6.45) is 0.801. The fourth-order valence-corrected chi connectivity index (χ4v) is 2.45. The number of aliphatic hydroxyl groups excluding tert-OH is 1. The molecule has 4 nitrogen and oxygen atoms in total. The molecule has 2 unspecified atom stereocenters. The van der Waals surface area contributed by atoms with Crippen molar-refractivity contribution in [3.63, 3.8) is 0 Å². The number of nitrogens with zero attached hydrogens (tertiary/aromatic N) is 2. The number of hydrogen-bond acceptors (Lipinski definition) is 4. The minimum absolute atomic E-state index is 0.121. The molecule has 2 rings (SSSR count). The predicted octanol–water partition coefficient (Wildman–Crippen LogP) is -1.04. The van der Waals surface area contributed by atoms with Crippen molar-refractivity contribution < 1.29 is 5.11 Å². The number of aliphatic hydroxyl groups is 1. The molecule has 0 amide bonds. The first-order valence-corrected chi connectivity index (χ1v) is 5.59. The summed E-state index contributed by atoms with van der Waals surface area (Å²) >= 11 is 0. The molecular weight excluding hydrogens is 178 g/mol. The number of piperidine rings is 1. The van der Waals surface area contributed by atoms with Gasteiger partial charge in [0.15, 0.2) is 0 Å². The summed E-state index contributed by atoms with van der Waals surface area (Å²) in [4.78, 5) is 4.75. The molecule has 0 aromatic heterocycles. The van der Waals surface area contributed by atoms with Gasteiger partial charge in [0.1, 0.15) is 0 Å². The van der Waals surface area contributed by atoms with Crippen LogP contribution in [0.3, 0.4) is 0 Å². The lowest BCUT2D eigenvalue weighted by Gasteiger charge is -2.42. The van der Waals surface area contributed by atoms with Crippen LogP contribution >= 0.6 is 0 Å². The van der Waals surface area contributed by atoms with E-state index < -0.39 is 0 Å². The number of nitrogens with one attached hydrogen (secondary N) is 1. The minimum Gasteiger partial charge on any atom is -0.391 e. The predicted molar refractivity (Wildman–Crippen MR) is 56.4 cm³/mol. The first kappa shape index (κ1) is 10.4. The maximum absolute atomic E-state index is 9.95. The van der Waals surface area contributed by atoms with E-state index in [0.29, 0.717) is 6.04 Å². The second-order valence-electron chi connectivity index (χ2n) is 4.47. The fourth-order valence-electron chi connectivity index (χ4n) is 2.45. The number of likely N-dealkylation sites (tertiary alicyclic amines) is 1. The van der Waals surface area contributed by atoms with Crippen molar-refractivity contribution >= 4 is 0 Å². The highest BCUT2D eigenvalue weighted by molar-refractivity contribution is 4.88. The molecule has 0 spiro atoms. The SMILES string of the molecule is CN1CCC(O)C(N2CCNCC2)C1. The molecule has 0 saturated carbocycles. The smallest absolute Gasteiger partial charge is 0.0720 e. The van der Waals surface area contributed by atoms with E-state index in [1.807, 2.05) is 0 Å². The van der Waals surface area contributed by atoms with E-state index in [-0.39, 0.29) is 6.10 Å². The molecule has 2 N–H and O–H groups in total. The Balaban J connectivity index is 1.92. The van der Waals surface area contributed by atoms with Crippen LogP contribution in [-0.2, 0) is 0 Å². The number of rotatable bonds is 1. The largest absolute Gasteiger partial charge is 0.391 e. The van der Waals surface area contributed by atoms with Gasteiger partial charge >= 0.3 is 0 Å². The summed E-state index contributed by atoms with van der Waals surface area (Å²) in [5, 5.41) is 13.3. The first-order valence-electron chi connectivity index (χ1n) is 5.59. The second-order valence-corrected chi connectivity index (χ2v) is 4.47. The maximum Gasteiger partial charge on any atom is 0.0720 e. The highest BCUT2D eigenvalue weighted by Crippen LogP contribution is 2.15. The van der Waals surface area contributed by atoms with E-state index in [9.17, 15) is 5.11 Å². The van der Waals surface area contributed by atoms with Crippen molar-refractivity contribution in [2.24, 2.45) is 0 Å². The fraction of sp³-hybridized carbons (Fsp3) is 1.00. The van der Waals surface area contributed by atoms with Crippen LogP contribution in [0.2, 0.25) is 0 Å². The van der Waals surface area contributed by atoms with Crippen molar-refractivity contribution in [1.82, 2.24) is 15.1 Å². The Morgan fingerprint density at radius 1 is 1.21 bits per heavy atom. The summed E-state index contributed by atoms with van der Waals surface area (Å²) in [5.74, 6) is 0. The molecule has 82 valence electrons. The van der Waals surface area contributed by atoms with Crippen LogP contribution in [0.4, 0.5) is 0 Å². The van der Waals surface area contributed by atoms with Crippen molar-refractivity contribution in [3.8, 4) is 0 Å². The van der Waals surface area contributed by atoms with Crippen LogP contribution in [0.15, 0.2) is 0 Å². The molecule has 4 heteroatoms. The molecule has 0 radical (unpaired) electrons. The van der Waals surface area contributed by atoms with E-state index in [1.54, 1.807) is 0 Å². The van der Waals surface area contributed by atoms with E-state index in [0.717, 1.165) is 45.7 Å². The van der Waals surface area contributed by atoms with Gasteiger partial charge in [-0.15, -0.1) is 0 Å². The molecule has 2 atom stereocenters. The van der Waals surface area contributed by atoms with Crippen LogP contribution in [0.25, 0.3) is 0 Å². The van der Waals surface area contributed by atoms with Gasteiger partial charge in [0, 0.05) is 45.3 Å². The Hall–Kier alpha value is -0.160. The van der Waals surface area contributed by atoms with Gasteiger partial charge in [0.2, 0.25) is 0 Å². The summed E-state index contributed by atoms with van der Waals surface area (Å²) in [7, 11) is 2.14. The zero-order valence-electron chi connectivity index (χ0n) is 8.95. The van der Waals surface area contributed by atoms with Crippen molar-refractivity contribution in [1.29, 1.82) is 0 Å². The van der Waals surface area contributed by atoms with Crippen LogP contribution in [0, 0.1) is 0 Å². The molecule has 2 heterocycles. The van der Waals surface area contributed by atoms with E-state index >= 15 is 0 Å². The highest BCUT2D eigenvalue weighted by atomic mass is 16.3. The van der Waals surface area contributed by atoms with Gasteiger partial charge in [-0.25, -0.2) is 0 Å². The van der Waals surface area contributed by atoms with Gasteiger partial charge in [-0.2, -0.15) is 0 Å². The van der Waals surface area contributed by atoms with Crippen LogP contribution in [0.5, 0.6) is 0 Å². The lowest BCUT2D eigenvalue weighted by atomic mass is 10.0. The van der Waals surface area contributed by atoms with Gasteiger partial charge in [-0.05, 0) is 13.5 Å². The topological polar surface area (TPSA) is 38.7 Å². The first-order chi connectivity index (χ1) is 6.77. The third kappa shape index (κ3) is 2.25. The zero-order chi connectivity index (χ0) is 9.97. The Kier molecular flexibility index (Phi) is 3.38. The summed E-state index contributed by atoms with van der Waals surface area (Å²) in [6, 6.07) is 0.357. The maximum atomic E-state index is 9.95. The van der Waals surface area contributed by atoms with Crippen molar-refractivity contribution in [3.05, 3.63) is 0 Å². The minimum atomic E-state index is -0.121. The lowest BCUT2D eigenvalue weighted by molar-refractivity contribution is -0.00894. The van der Waals surface area contributed by atoms with Gasteiger partial charge in [-0.1, -0.05) is 0 Å². The normalized spacial score (nSPS) is 37.3. The molecule has 2 fully saturated rings. The van der Waals surface area contributed by atoms with Gasteiger partial charge < -0.3 is 15.3 Å². The molecule has 2 saturated heterocycles. The average Bonchev–Trinajstić information content (AvgIpc) is 2.23. The zero-order valence-corrected chi connectivity index (χ0v) is 8.95.